The minimum Gasteiger partial charge on any atom is -0.497 e. The van der Waals surface area contributed by atoms with E-state index in [9.17, 15) is 9.59 Å². The van der Waals surface area contributed by atoms with Crippen LogP contribution in [0.15, 0.2) is 54.9 Å². The van der Waals surface area contributed by atoms with E-state index in [1.807, 2.05) is 42.6 Å². The number of hydrogen-bond acceptors (Lipinski definition) is 7. The highest BCUT2D eigenvalue weighted by Crippen LogP contribution is 2.36. The predicted molar refractivity (Wildman–Crippen MR) is 145 cm³/mol. The van der Waals surface area contributed by atoms with E-state index >= 15 is 0 Å². The van der Waals surface area contributed by atoms with Crippen LogP contribution in [0.1, 0.15) is 24.8 Å². The highest BCUT2D eigenvalue weighted by atomic mass is 16.7. The average molecular weight is 519 g/mol. The summed E-state index contributed by atoms with van der Waals surface area (Å²) in [6, 6.07) is 13.2. The molecule has 1 aromatic heterocycles. The number of ether oxygens (including phenoxy) is 3. The number of hydrogen-bond donors (Lipinski definition) is 0. The quantitative estimate of drug-likeness (QED) is 0.408. The van der Waals surface area contributed by atoms with Gasteiger partial charge in [-0.1, -0.05) is 24.3 Å². The van der Waals surface area contributed by atoms with Crippen LogP contribution in [0.2, 0.25) is 0 Å². The molecule has 3 amide bonds. The van der Waals surface area contributed by atoms with Crippen molar-refractivity contribution in [1.29, 1.82) is 0 Å². The molecule has 2 aliphatic rings. The number of anilines is 2. The van der Waals surface area contributed by atoms with E-state index in [4.69, 9.17) is 14.2 Å². The average Bonchev–Trinajstić information content (AvgIpc) is 2.96. The monoisotopic (exact) mass is 518 g/mol. The number of amides is 3. The lowest BCUT2D eigenvalue weighted by atomic mass is 9.95. The number of methoxy groups -OCH3 is 3. The number of benzene rings is 2. The van der Waals surface area contributed by atoms with Gasteiger partial charge >= 0.3 is 6.03 Å². The molecule has 9 nitrogen and oxygen atoms in total. The second kappa shape index (κ2) is 11.4. The highest BCUT2D eigenvalue weighted by Gasteiger charge is 2.34. The lowest BCUT2D eigenvalue weighted by molar-refractivity contribution is -0.141. The molecule has 38 heavy (non-hydrogen) atoms. The lowest BCUT2D eigenvalue weighted by Crippen LogP contribution is -2.52. The predicted octanol–water partition coefficient (Wildman–Crippen LogP) is 4.44. The summed E-state index contributed by atoms with van der Waals surface area (Å²) in [4.78, 5) is 36.2. The van der Waals surface area contributed by atoms with Crippen LogP contribution in [0.3, 0.4) is 0 Å². The van der Waals surface area contributed by atoms with Crippen molar-refractivity contribution in [1.82, 2.24) is 9.88 Å². The van der Waals surface area contributed by atoms with Gasteiger partial charge in [0, 0.05) is 68.8 Å². The van der Waals surface area contributed by atoms with Crippen LogP contribution >= 0.6 is 0 Å². The topological polar surface area (TPSA) is 84.4 Å². The van der Waals surface area contributed by atoms with E-state index in [-0.39, 0.29) is 31.2 Å². The molecule has 0 N–H and O–H groups in total. The highest BCUT2D eigenvalue weighted by molar-refractivity contribution is 6.11. The van der Waals surface area contributed by atoms with Crippen LogP contribution in [-0.2, 0) is 20.8 Å². The second-order valence-corrected chi connectivity index (χ2v) is 9.71. The minimum atomic E-state index is -0.331. The van der Waals surface area contributed by atoms with E-state index in [1.165, 1.54) is 4.90 Å². The maximum absolute atomic E-state index is 13.6. The molecule has 2 aliphatic heterocycles. The number of imide groups is 1. The van der Waals surface area contributed by atoms with Crippen molar-refractivity contribution in [2.75, 3.05) is 50.8 Å². The Labute approximate surface area is 222 Å². The van der Waals surface area contributed by atoms with E-state index in [0.717, 1.165) is 59.4 Å². The number of carbonyl (C=O) groups excluding carboxylic acids is 2. The fourth-order valence-electron chi connectivity index (χ4n) is 5.53. The number of urea groups is 1. The Morgan fingerprint density at radius 2 is 1.63 bits per heavy atom. The van der Waals surface area contributed by atoms with Gasteiger partial charge in [0.2, 0.25) is 5.91 Å². The van der Waals surface area contributed by atoms with E-state index in [1.54, 1.807) is 32.4 Å². The maximum Gasteiger partial charge on any atom is 0.331 e. The smallest absolute Gasteiger partial charge is 0.331 e. The summed E-state index contributed by atoms with van der Waals surface area (Å²) in [6.07, 6.45) is 5.57. The lowest BCUT2D eigenvalue weighted by Gasteiger charge is -2.37. The molecule has 2 aromatic carbocycles. The molecule has 0 unspecified atom stereocenters. The van der Waals surface area contributed by atoms with Gasteiger partial charge in [-0.3, -0.25) is 19.6 Å². The second-order valence-electron chi connectivity index (χ2n) is 9.71. The Morgan fingerprint density at radius 3 is 2.32 bits per heavy atom. The van der Waals surface area contributed by atoms with E-state index in [2.05, 4.69) is 16.0 Å². The molecular formula is C29H34N4O5. The van der Waals surface area contributed by atoms with Gasteiger partial charge < -0.3 is 19.1 Å². The number of carbonyl (C=O) groups is 2. The molecule has 2 fully saturated rings. The van der Waals surface area contributed by atoms with Gasteiger partial charge in [0.05, 0.1) is 25.5 Å². The Bertz CT molecular complexity index is 1290. The zero-order valence-corrected chi connectivity index (χ0v) is 22.1. The van der Waals surface area contributed by atoms with Crippen molar-refractivity contribution >= 4 is 34.1 Å². The molecule has 200 valence electrons. The molecule has 0 saturated carbocycles. The van der Waals surface area contributed by atoms with E-state index in [0.29, 0.717) is 12.5 Å². The summed E-state index contributed by atoms with van der Waals surface area (Å²) >= 11 is 0. The summed E-state index contributed by atoms with van der Waals surface area (Å²) in [5.41, 5.74) is 2.67. The summed E-state index contributed by atoms with van der Waals surface area (Å²) in [5, 5.41) is 1.93. The standard InChI is InChI=1S/C29H34N4O5/c1-36-22-9-7-20(8-10-22)19-33-27(34)13-16-32(29(33)35)26-18-30-17-24-23(26)5-4-6-25(24)31-14-11-21(12-15-31)28(37-2)38-3/h4-10,17-18,21,28H,11-16,19H2,1-3H3. The van der Waals surface area contributed by atoms with Crippen molar-refractivity contribution in [2.24, 2.45) is 5.92 Å². The van der Waals surface area contributed by atoms with Crippen molar-refractivity contribution in [2.45, 2.75) is 32.1 Å². The number of aromatic nitrogens is 1. The van der Waals surface area contributed by atoms with Gasteiger partial charge in [-0.25, -0.2) is 4.79 Å². The molecule has 0 radical (unpaired) electrons. The Balaban J connectivity index is 1.39. The summed E-state index contributed by atoms with van der Waals surface area (Å²) in [6.45, 7) is 2.29. The summed E-state index contributed by atoms with van der Waals surface area (Å²) < 4.78 is 16.2. The Morgan fingerprint density at radius 1 is 0.895 bits per heavy atom. The van der Waals surface area contributed by atoms with Crippen molar-refractivity contribution in [3.63, 3.8) is 0 Å². The number of fused-ring (bicyclic) bond motifs is 1. The fourth-order valence-corrected chi connectivity index (χ4v) is 5.53. The third-order valence-electron chi connectivity index (χ3n) is 7.59. The summed E-state index contributed by atoms with van der Waals surface area (Å²) in [7, 11) is 4.98. The molecular weight excluding hydrogens is 484 g/mol. The summed E-state index contributed by atoms with van der Waals surface area (Å²) in [5.74, 6) is 0.903. The third kappa shape index (κ3) is 5.04. The molecule has 0 aliphatic carbocycles. The number of nitrogens with zero attached hydrogens (tertiary/aromatic N) is 4. The first kappa shape index (κ1) is 25.9. The molecule has 0 spiro atoms. The Kier molecular flexibility index (Phi) is 7.76. The van der Waals surface area contributed by atoms with Gasteiger partial charge in [-0.15, -0.1) is 0 Å². The zero-order valence-electron chi connectivity index (χ0n) is 22.1. The maximum atomic E-state index is 13.6. The van der Waals surface area contributed by atoms with Gasteiger partial charge in [0.15, 0.2) is 6.29 Å². The van der Waals surface area contributed by atoms with Crippen molar-refractivity contribution < 1.29 is 23.8 Å². The zero-order chi connectivity index (χ0) is 26.6. The molecule has 5 rings (SSSR count). The van der Waals surface area contributed by atoms with Crippen LogP contribution in [-0.4, -0.2) is 69.1 Å². The van der Waals surface area contributed by atoms with Crippen LogP contribution in [0.4, 0.5) is 16.2 Å². The number of pyridine rings is 1. The van der Waals surface area contributed by atoms with Crippen LogP contribution < -0.4 is 14.5 Å². The Hall–Kier alpha value is -3.69. The normalized spacial score (nSPS) is 17.1. The largest absolute Gasteiger partial charge is 0.497 e. The van der Waals surface area contributed by atoms with Gasteiger partial charge in [-0.2, -0.15) is 0 Å². The number of rotatable bonds is 8. The minimum absolute atomic E-state index is 0.177. The molecule has 3 heterocycles. The van der Waals surface area contributed by atoms with Gasteiger partial charge in [-0.05, 0) is 36.6 Å². The molecule has 3 aromatic rings. The molecule has 0 bridgehead atoms. The van der Waals surface area contributed by atoms with E-state index < -0.39 is 0 Å². The van der Waals surface area contributed by atoms with Crippen molar-refractivity contribution in [3.05, 3.63) is 60.4 Å². The van der Waals surface area contributed by atoms with Crippen molar-refractivity contribution in [3.8, 4) is 5.75 Å². The molecule has 0 atom stereocenters. The van der Waals surface area contributed by atoms with Crippen LogP contribution in [0.25, 0.3) is 10.8 Å². The molecule has 2 saturated heterocycles. The van der Waals surface area contributed by atoms with Crippen LogP contribution in [0, 0.1) is 5.92 Å². The van der Waals surface area contributed by atoms with Crippen LogP contribution in [0.5, 0.6) is 5.75 Å². The number of piperidine rings is 1. The molecule has 9 heteroatoms. The van der Waals surface area contributed by atoms with Gasteiger partial charge in [0.1, 0.15) is 5.75 Å². The first-order valence-electron chi connectivity index (χ1n) is 13.0. The fraction of sp³-hybridized carbons (Fsp3) is 0.414. The first-order chi connectivity index (χ1) is 18.5. The SMILES string of the molecule is COc1ccc(CN2C(=O)CCN(c3cncc4c(N5CCC(C(OC)OC)CC5)cccc34)C2=O)cc1. The first-order valence-corrected chi connectivity index (χ1v) is 13.0. The van der Waals surface area contributed by atoms with Gasteiger partial charge in [0.25, 0.3) is 0 Å². The third-order valence-corrected chi connectivity index (χ3v) is 7.59.